The smallest absolute Gasteiger partial charge is 0.0438 e. The molecule has 2 heteroatoms. The third-order valence-corrected chi connectivity index (χ3v) is 2.94. The summed E-state index contributed by atoms with van der Waals surface area (Å²) >= 11 is 6.02. The summed E-state index contributed by atoms with van der Waals surface area (Å²) < 4.78 is 0. The van der Waals surface area contributed by atoms with Crippen LogP contribution in [0.15, 0.2) is 18.2 Å². The van der Waals surface area contributed by atoms with E-state index in [1.165, 1.54) is 11.1 Å². The topological polar surface area (TPSA) is 12.0 Å². The van der Waals surface area contributed by atoms with Gasteiger partial charge >= 0.3 is 0 Å². The Kier molecular flexibility index (Phi) is 2.07. The van der Waals surface area contributed by atoms with Crippen LogP contribution in [-0.2, 0) is 0 Å². The molecular weight excluding hydrogens is 170 g/mol. The maximum atomic E-state index is 6.02. The summed E-state index contributed by atoms with van der Waals surface area (Å²) in [7, 11) is 0. The normalized spacial score (nSPS) is 17.5. The van der Waals surface area contributed by atoms with Gasteiger partial charge in [-0.2, -0.15) is 0 Å². The third-order valence-electron chi connectivity index (χ3n) is 2.53. The molecule has 1 aliphatic rings. The summed E-state index contributed by atoms with van der Waals surface area (Å²) in [6.45, 7) is 4.29. The van der Waals surface area contributed by atoms with Crippen molar-refractivity contribution in [3.05, 3.63) is 34.3 Å². The zero-order valence-electron chi connectivity index (χ0n) is 7.10. The van der Waals surface area contributed by atoms with Crippen LogP contribution >= 0.6 is 11.6 Å². The van der Waals surface area contributed by atoms with E-state index in [2.05, 4.69) is 18.3 Å². The maximum Gasteiger partial charge on any atom is 0.0438 e. The van der Waals surface area contributed by atoms with Crippen molar-refractivity contribution >= 4 is 11.6 Å². The Morgan fingerprint density at radius 2 is 2.17 bits per heavy atom. The van der Waals surface area contributed by atoms with E-state index in [9.17, 15) is 0 Å². The molecule has 1 aliphatic heterocycles. The molecular formula is C10H12ClN. The predicted molar refractivity (Wildman–Crippen MR) is 51.8 cm³/mol. The van der Waals surface area contributed by atoms with Gasteiger partial charge in [0.1, 0.15) is 0 Å². The zero-order chi connectivity index (χ0) is 8.55. The molecule has 1 aromatic carbocycles. The van der Waals surface area contributed by atoms with Crippen molar-refractivity contribution in [2.75, 3.05) is 13.1 Å². The Labute approximate surface area is 77.7 Å². The summed E-state index contributed by atoms with van der Waals surface area (Å²) in [5.41, 5.74) is 2.65. The molecule has 0 amide bonds. The van der Waals surface area contributed by atoms with Gasteiger partial charge in [-0.25, -0.2) is 0 Å². The highest BCUT2D eigenvalue weighted by Gasteiger charge is 2.20. The highest BCUT2D eigenvalue weighted by Crippen LogP contribution is 2.27. The number of hydrogen-bond donors (Lipinski definition) is 1. The number of hydrogen-bond acceptors (Lipinski definition) is 1. The van der Waals surface area contributed by atoms with Crippen molar-refractivity contribution in [3.8, 4) is 0 Å². The van der Waals surface area contributed by atoms with E-state index in [1.54, 1.807) is 0 Å². The standard InChI is InChI=1S/C10H12ClN/c1-7-9(8-5-12-6-8)3-2-4-10(7)11/h2-4,8,12H,5-6H2,1H3. The minimum atomic E-state index is 0.684. The molecule has 1 heterocycles. The Morgan fingerprint density at radius 3 is 2.75 bits per heavy atom. The summed E-state index contributed by atoms with van der Waals surface area (Å²) in [6.07, 6.45) is 0. The fourth-order valence-corrected chi connectivity index (χ4v) is 1.76. The van der Waals surface area contributed by atoms with Gasteiger partial charge in [-0.3, -0.25) is 0 Å². The van der Waals surface area contributed by atoms with Gasteiger partial charge in [-0.05, 0) is 24.1 Å². The first kappa shape index (κ1) is 8.09. The number of nitrogens with one attached hydrogen (secondary N) is 1. The zero-order valence-corrected chi connectivity index (χ0v) is 7.86. The first-order valence-electron chi connectivity index (χ1n) is 4.25. The Balaban J connectivity index is 2.36. The van der Waals surface area contributed by atoms with E-state index in [4.69, 9.17) is 11.6 Å². The van der Waals surface area contributed by atoms with Crippen molar-refractivity contribution in [2.45, 2.75) is 12.8 Å². The van der Waals surface area contributed by atoms with E-state index in [1.807, 2.05) is 12.1 Å². The molecule has 1 aromatic rings. The largest absolute Gasteiger partial charge is 0.315 e. The van der Waals surface area contributed by atoms with Gasteiger partial charge in [0.05, 0.1) is 0 Å². The second kappa shape index (κ2) is 3.08. The van der Waals surface area contributed by atoms with Crippen LogP contribution in [0.2, 0.25) is 5.02 Å². The van der Waals surface area contributed by atoms with E-state index in [0.717, 1.165) is 18.1 Å². The van der Waals surface area contributed by atoms with Gasteiger partial charge in [0, 0.05) is 24.0 Å². The molecule has 12 heavy (non-hydrogen) atoms. The van der Waals surface area contributed by atoms with E-state index in [0.29, 0.717) is 5.92 Å². The SMILES string of the molecule is Cc1c(Cl)cccc1C1CNC1. The maximum absolute atomic E-state index is 6.02. The molecule has 1 nitrogen and oxygen atoms in total. The Hall–Kier alpha value is -0.530. The quantitative estimate of drug-likeness (QED) is 0.702. The summed E-state index contributed by atoms with van der Waals surface area (Å²) in [5, 5.41) is 4.15. The number of halogens is 1. The van der Waals surface area contributed by atoms with Crippen LogP contribution in [0.5, 0.6) is 0 Å². The second-order valence-electron chi connectivity index (χ2n) is 3.31. The predicted octanol–water partition coefficient (Wildman–Crippen LogP) is 2.34. The van der Waals surface area contributed by atoms with Gasteiger partial charge < -0.3 is 5.32 Å². The molecule has 0 unspecified atom stereocenters. The molecule has 0 spiro atoms. The molecule has 0 saturated carbocycles. The fraction of sp³-hybridized carbons (Fsp3) is 0.400. The molecule has 1 fully saturated rings. The Morgan fingerprint density at radius 1 is 1.42 bits per heavy atom. The first-order valence-corrected chi connectivity index (χ1v) is 4.62. The highest BCUT2D eigenvalue weighted by molar-refractivity contribution is 6.31. The van der Waals surface area contributed by atoms with Crippen LogP contribution in [0.4, 0.5) is 0 Å². The minimum absolute atomic E-state index is 0.684. The van der Waals surface area contributed by atoms with Crippen molar-refractivity contribution in [3.63, 3.8) is 0 Å². The lowest BCUT2D eigenvalue weighted by Crippen LogP contribution is -2.40. The average Bonchev–Trinajstić information content (AvgIpc) is 1.95. The molecule has 0 bridgehead atoms. The molecule has 0 radical (unpaired) electrons. The molecule has 1 saturated heterocycles. The summed E-state index contributed by atoms with van der Waals surface area (Å²) in [6, 6.07) is 6.15. The van der Waals surface area contributed by atoms with Crippen molar-refractivity contribution in [1.29, 1.82) is 0 Å². The van der Waals surface area contributed by atoms with Crippen LogP contribution in [0, 0.1) is 6.92 Å². The molecule has 64 valence electrons. The van der Waals surface area contributed by atoms with E-state index < -0.39 is 0 Å². The molecule has 0 aliphatic carbocycles. The fourth-order valence-electron chi connectivity index (χ4n) is 1.58. The van der Waals surface area contributed by atoms with Gasteiger partial charge in [0.25, 0.3) is 0 Å². The lowest BCUT2D eigenvalue weighted by Gasteiger charge is -2.29. The minimum Gasteiger partial charge on any atom is -0.315 e. The van der Waals surface area contributed by atoms with Gasteiger partial charge in [-0.15, -0.1) is 0 Å². The number of rotatable bonds is 1. The monoisotopic (exact) mass is 181 g/mol. The summed E-state index contributed by atoms with van der Waals surface area (Å²) in [4.78, 5) is 0. The van der Waals surface area contributed by atoms with Crippen LogP contribution in [0.1, 0.15) is 17.0 Å². The summed E-state index contributed by atoms with van der Waals surface area (Å²) in [5.74, 6) is 0.684. The van der Waals surface area contributed by atoms with Crippen LogP contribution < -0.4 is 5.32 Å². The lowest BCUT2D eigenvalue weighted by molar-refractivity contribution is 0.447. The first-order chi connectivity index (χ1) is 5.79. The van der Waals surface area contributed by atoms with Crippen LogP contribution in [-0.4, -0.2) is 13.1 Å². The average molecular weight is 182 g/mol. The third kappa shape index (κ3) is 1.23. The highest BCUT2D eigenvalue weighted by atomic mass is 35.5. The van der Waals surface area contributed by atoms with Crippen molar-refractivity contribution in [2.24, 2.45) is 0 Å². The molecule has 0 aromatic heterocycles. The van der Waals surface area contributed by atoms with E-state index >= 15 is 0 Å². The van der Waals surface area contributed by atoms with Gasteiger partial charge in [0.15, 0.2) is 0 Å². The van der Waals surface area contributed by atoms with Crippen molar-refractivity contribution in [1.82, 2.24) is 5.32 Å². The van der Waals surface area contributed by atoms with E-state index in [-0.39, 0.29) is 0 Å². The molecule has 1 N–H and O–H groups in total. The Bertz CT molecular complexity index is 292. The number of benzene rings is 1. The lowest BCUT2D eigenvalue weighted by atomic mass is 9.90. The molecule has 2 rings (SSSR count). The second-order valence-corrected chi connectivity index (χ2v) is 3.72. The molecule has 0 atom stereocenters. The van der Waals surface area contributed by atoms with Gasteiger partial charge in [0.2, 0.25) is 0 Å². The van der Waals surface area contributed by atoms with Crippen molar-refractivity contribution < 1.29 is 0 Å². The van der Waals surface area contributed by atoms with Crippen LogP contribution in [0.25, 0.3) is 0 Å². The van der Waals surface area contributed by atoms with Gasteiger partial charge in [-0.1, -0.05) is 23.7 Å². The van der Waals surface area contributed by atoms with Crippen LogP contribution in [0.3, 0.4) is 0 Å².